The quantitative estimate of drug-likeness (QED) is 0.663. The van der Waals surface area contributed by atoms with E-state index in [9.17, 15) is 9.59 Å². The predicted molar refractivity (Wildman–Crippen MR) is 74.4 cm³/mol. The fraction of sp³-hybridized carbons (Fsp3) is 0.333. The molecule has 1 aliphatic heterocycles. The number of anilines is 1. The van der Waals surface area contributed by atoms with Gasteiger partial charge in [0.05, 0.1) is 11.6 Å². The van der Waals surface area contributed by atoms with Gasteiger partial charge in [-0.3, -0.25) is 14.5 Å². The summed E-state index contributed by atoms with van der Waals surface area (Å²) in [6.07, 6.45) is 1.89. The van der Waals surface area contributed by atoms with E-state index in [1.807, 2.05) is 13.0 Å². The van der Waals surface area contributed by atoms with E-state index < -0.39 is 12.0 Å². The number of hydrogen-bond donors (Lipinski definition) is 1. The third kappa shape index (κ3) is 2.44. The average molecular weight is 258 g/mol. The van der Waals surface area contributed by atoms with Crippen LogP contribution in [0.1, 0.15) is 13.3 Å². The van der Waals surface area contributed by atoms with Gasteiger partial charge in [-0.15, -0.1) is 6.58 Å². The van der Waals surface area contributed by atoms with E-state index in [0.29, 0.717) is 12.1 Å². The molecular weight excluding hydrogens is 240 g/mol. The molecule has 1 aromatic rings. The molecule has 0 saturated carbocycles. The van der Waals surface area contributed by atoms with Crippen molar-refractivity contribution in [3.05, 3.63) is 43.0 Å². The Morgan fingerprint density at radius 1 is 1.37 bits per heavy atom. The minimum absolute atomic E-state index is 0.0621. The maximum Gasteiger partial charge on any atom is 0.239 e. The van der Waals surface area contributed by atoms with Gasteiger partial charge in [0, 0.05) is 12.5 Å². The highest BCUT2D eigenvalue weighted by atomic mass is 16.2. The van der Waals surface area contributed by atoms with Crippen LogP contribution < -0.4 is 10.6 Å². The van der Waals surface area contributed by atoms with Crippen molar-refractivity contribution in [2.75, 3.05) is 4.90 Å². The zero-order valence-electron chi connectivity index (χ0n) is 11.0. The Morgan fingerprint density at radius 3 is 2.58 bits per heavy atom. The van der Waals surface area contributed by atoms with E-state index in [-0.39, 0.29) is 17.7 Å². The number of rotatable bonds is 3. The number of nitrogens with two attached hydrogens (primary N) is 1. The molecule has 1 heterocycles. The Morgan fingerprint density at radius 2 is 2.00 bits per heavy atom. The molecule has 100 valence electrons. The van der Waals surface area contributed by atoms with E-state index in [2.05, 4.69) is 6.58 Å². The van der Waals surface area contributed by atoms with Crippen molar-refractivity contribution >= 4 is 17.5 Å². The summed E-state index contributed by atoms with van der Waals surface area (Å²) in [6, 6.07) is 8.52. The van der Waals surface area contributed by atoms with Gasteiger partial charge < -0.3 is 5.73 Å². The second-order valence-corrected chi connectivity index (χ2v) is 4.92. The highest BCUT2D eigenvalue weighted by Gasteiger charge is 2.42. The van der Waals surface area contributed by atoms with Crippen molar-refractivity contribution in [2.45, 2.75) is 19.4 Å². The highest BCUT2D eigenvalue weighted by Crippen LogP contribution is 2.31. The van der Waals surface area contributed by atoms with Crippen molar-refractivity contribution in [3.8, 4) is 0 Å². The van der Waals surface area contributed by atoms with Crippen LogP contribution in [0.15, 0.2) is 43.0 Å². The summed E-state index contributed by atoms with van der Waals surface area (Å²) in [5.74, 6) is -0.859. The topological polar surface area (TPSA) is 63.4 Å². The lowest BCUT2D eigenvalue weighted by Gasteiger charge is -2.36. The molecule has 3 atom stereocenters. The summed E-state index contributed by atoms with van der Waals surface area (Å²) in [7, 11) is 0. The van der Waals surface area contributed by atoms with Crippen LogP contribution in [0.5, 0.6) is 0 Å². The number of piperidine rings is 1. The molecule has 1 aromatic carbocycles. The van der Waals surface area contributed by atoms with E-state index in [0.717, 1.165) is 0 Å². The lowest BCUT2D eigenvalue weighted by molar-refractivity contribution is -0.134. The molecule has 4 nitrogen and oxygen atoms in total. The van der Waals surface area contributed by atoms with Crippen molar-refractivity contribution in [1.82, 2.24) is 0 Å². The Bertz CT molecular complexity index is 498. The normalized spacial score (nSPS) is 25.3. The molecule has 0 bridgehead atoms. The lowest BCUT2D eigenvalue weighted by Crippen LogP contribution is -2.53. The van der Waals surface area contributed by atoms with Crippen LogP contribution in [0.2, 0.25) is 0 Å². The van der Waals surface area contributed by atoms with Crippen molar-refractivity contribution < 1.29 is 9.59 Å². The van der Waals surface area contributed by atoms with Crippen LogP contribution in [0, 0.1) is 11.8 Å². The summed E-state index contributed by atoms with van der Waals surface area (Å²) in [4.78, 5) is 25.9. The molecular formula is C15H18N2O2. The fourth-order valence-corrected chi connectivity index (χ4v) is 2.55. The van der Waals surface area contributed by atoms with Crippen LogP contribution in [0.4, 0.5) is 5.69 Å². The van der Waals surface area contributed by atoms with Gasteiger partial charge in [-0.05, 0) is 18.1 Å². The number of nitrogens with zero attached hydrogens (tertiary/aromatic N) is 1. The summed E-state index contributed by atoms with van der Waals surface area (Å²) in [6.45, 7) is 5.52. The first kappa shape index (κ1) is 13.5. The number of amides is 2. The molecule has 0 aromatic heterocycles. The van der Waals surface area contributed by atoms with Crippen LogP contribution in [-0.2, 0) is 9.59 Å². The second kappa shape index (κ2) is 5.36. The molecule has 1 fully saturated rings. The largest absolute Gasteiger partial charge is 0.324 e. The van der Waals surface area contributed by atoms with Crippen LogP contribution in [-0.4, -0.2) is 17.9 Å². The standard InChI is InChI=1S/C15H18N2O2/c1-3-12(16)14-10(2)9-13(18)17(15(14)19)11-7-5-4-6-8-11/h3-8,10,12,14H,1,9,16H2,2H3. The molecule has 1 saturated heterocycles. The number of hydrogen-bond acceptors (Lipinski definition) is 3. The van der Waals surface area contributed by atoms with E-state index in [1.54, 1.807) is 30.3 Å². The molecule has 0 aliphatic carbocycles. The van der Waals surface area contributed by atoms with Gasteiger partial charge in [-0.25, -0.2) is 0 Å². The van der Waals surface area contributed by atoms with Crippen LogP contribution in [0.3, 0.4) is 0 Å². The number of benzene rings is 1. The second-order valence-electron chi connectivity index (χ2n) is 4.92. The van der Waals surface area contributed by atoms with Gasteiger partial charge >= 0.3 is 0 Å². The third-order valence-electron chi connectivity index (χ3n) is 3.57. The molecule has 0 spiro atoms. The zero-order valence-corrected chi connectivity index (χ0v) is 11.0. The van der Waals surface area contributed by atoms with Gasteiger partial charge in [-0.2, -0.15) is 0 Å². The Kier molecular flexibility index (Phi) is 3.81. The predicted octanol–water partition coefficient (Wildman–Crippen LogP) is 1.72. The minimum Gasteiger partial charge on any atom is -0.324 e. The smallest absolute Gasteiger partial charge is 0.239 e. The first-order valence-electron chi connectivity index (χ1n) is 6.36. The number of carbonyl (C=O) groups excluding carboxylic acids is 2. The summed E-state index contributed by atoms with van der Waals surface area (Å²) < 4.78 is 0. The van der Waals surface area contributed by atoms with Gasteiger partial charge in [0.1, 0.15) is 0 Å². The Labute approximate surface area is 112 Å². The molecule has 3 unspecified atom stereocenters. The number of imide groups is 1. The third-order valence-corrected chi connectivity index (χ3v) is 3.57. The van der Waals surface area contributed by atoms with Crippen LogP contribution >= 0.6 is 0 Å². The maximum absolute atomic E-state index is 12.5. The molecule has 1 aliphatic rings. The zero-order chi connectivity index (χ0) is 14.0. The lowest BCUT2D eigenvalue weighted by atomic mass is 9.81. The summed E-state index contributed by atoms with van der Waals surface area (Å²) in [5, 5.41) is 0. The molecule has 19 heavy (non-hydrogen) atoms. The van der Waals surface area contributed by atoms with Gasteiger partial charge in [0.2, 0.25) is 11.8 Å². The summed E-state index contributed by atoms with van der Waals surface area (Å²) in [5.41, 5.74) is 6.54. The van der Waals surface area contributed by atoms with Gasteiger partial charge in [-0.1, -0.05) is 31.2 Å². The molecule has 0 radical (unpaired) electrons. The molecule has 2 N–H and O–H groups in total. The fourth-order valence-electron chi connectivity index (χ4n) is 2.55. The first-order chi connectivity index (χ1) is 9.06. The first-order valence-corrected chi connectivity index (χ1v) is 6.36. The number of para-hydroxylation sites is 1. The van der Waals surface area contributed by atoms with Gasteiger partial charge in [0.25, 0.3) is 0 Å². The highest BCUT2D eigenvalue weighted by molar-refractivity contribution is 6.17. The van der Waals surface area contributed by atoms with E-state index in [1.165, 1.54) is 4.90 Å². The van der Waals surface area contributed by atoms with Crippen LogP contribution in [0.25, 0.3) is 0 Å². The molecule has 4 heteroatoms. The maximum atomic E-state index is 12.5. The summed E-state index contributed by atoms with van der Waals surface area (Å²) >= 11 is 0. The van der Waals surface area contributed by atoms with Crippen molar-refractivity contribution in [3.63, 3.8) is 0 Å². The minimum atomic E-state index is -0.429. The Hall–Kier alpha value is -1.94. The van der Waals surface area contributed by atoms with Crippen molar-refractivity contribution in [1.29, 1.82) is 0 Å². The SMILES string of the molecule is C=CC(N)C1C(=O)N(c2ccccc2)C(=O)CC1C. The Balaban J connectivity index is 2.36. The number of carbonyl (C=O) groups is 2. The van der Waals surface area contributed by atoms with E-state index >= 15 is 0 Å². The average Bonchev–Trinajstić information content (AvgIpc) is 2.39. The molecule has 2 amide bonds. The van der Waals surface area contributed by atoms with E-state index in [4.69, 9.17) is 5.73 Å². The monoisotopic (exact) mass is 258 g/mol. The van der Waals surface area contributed by atoms with Gasteiger partial charge in [0.15, 0.2) is 0 Å². The molecule has 2 rings (SSSR count). The van der Waals surface area contributed by atoms with Crippen molar-refractivity contribution in [2.24, 2.45) is 17.6 Å².